The number of halogens is 2. The van der Waals surface area contributed by atoms with E-state index in [1.54, 1.807) is 6.92 Å². The van der Waals surface area contributed by atoms with Crippen molar-refractivity contribution in [1.29, 1.82) is 5.26 Å². The van der Waals surface area contributed by atoms with E-state index in [1.807, 2.05) is 0 Å². The van der Waals surface area contributed by atoms with Gasteiger partial charge in [0, 0.05) is 15.4 Å². The fourth-order valence-electron chi connectivity index (χ4n) is 0.857. The molecule has 0 unspecified atom stereocenters. The molecule has 72 valence electrons. The van der Waals surface area contributed by atoms with Crippen LogP contribution in [0.3, 0.4) is 0 Å². The summed E-state index contributed by atoms with van der Waals surface area (Å²) in [7, 11) is 0. The Balaban J connectivity index is 4.06. The van der Waals surface area contributed by atoms with Gasteiger partial charge in [-0.25, -0.2) is 0 Å². The minimum atomic E-state index is 0.698. The minimum Gasteiger partial charge on any atom is -0.193 e. The van der Waals surface area contributed by atoms with Gasteiger partial charge in [-0.1, -0.05) is 22.5 Å². The number of hydrogen-bond donors (Lipinski definition) is 0. The highest BCUT2D eigenvalue weighted by atomic mass is 79.9. The summed E-state index contributed by atoms with van der Waals surface area (Å²) < 4.78 is 0.865. The third kappa shape index (κ3) is 5.28. The Hall–Kier alpha value is -0.0700. The summed E-state index contributed by atoms with van der Waals surface area (Å²) in [5.41, 5.74) is 1.71. The van der Waals surface area contributed by atoms with E-state index in [0.717, 1.165) is 34.6 Å². The molecule has 0 atom stereocenters. The average molecular weight is 307 g/mol. The second kappa shape index (κ2) is 7.34. The van der Waals surface area contributed by atoms with Crippen LogP contribution in [0, 0.1) is 11.3 Å². The van der Waals surface area contributed by atoms with E-state index in [1.165, 1.54) is 0 Å². The van der Waals surface area contributed by atoms with Crippen LogP contribution in [0.1, 0.15) is 26.2 Å². The first kappa shape index (κ1) is 12.9. The maximum absolute atomic E-state index is 8.64. The number of rotatable bonds is 5. The van der Waals surface area contributed by atoms with E-state index >= 15 is 0 Å². The van der Waals surface area contributed by atoms with Gasteiger partial charge in [-0.2, -0.15) is 5.26 Å². The van der Waals surface area contributed by atoms with E-state index in [9.17, 15) is 0 Å². The molecule has 0 spiro atoms. The van der Waals surface area contributed by atoms with Gasteiger partial charge in [0.25, 0.3) is 0 Å². The number of unbranched alkanes of at least 4 members (excludes halogenated alkanes) is 1. The van der Waals surface area contributed by atoms with Gasteiger partial charge in [-0.15, -0.1) is 0 Å². The van der Waals surface area contributed by atoms with Gasteiger partial charge in [0.2, 0.25) is 0 Å². The fraction of sp³-hybridized carbons (Fsp3) is 0.500. The SMILES string of the molecule is C=C(CCCCBr)C(Br)=C(C)C#N. The first-order valence-electron chi connectivity index (χ1n) is 4.14. The van der Waals surface area contributed by atoms with E-state index in [-0.39, 0.29) is 0 Å². The molecule has 0 saturated carbocycles. The molecule has 0 saturated heterocycles. The molecular formula is C10H13Br2N. The summed E-state index contributed by atoms with van der Waals surface area (Å²) in [6.07, 6.45) is 3.20. The smallest absolute Gasteiger partial charge is 0.0956 e. The summed E-state index contributed by atoms with van der Waals surface area (Å²) in [5.74, 6) is 0. The number of allylic oxidation sites excluding steroid dienone is 3. The standard InChI is InChI=1S/C10H13Br2N/c1-8(5-3-4-6-11)10(12)9(2)7-13/h1,3-6H2,2H3. The van der Waals surface area contributed by atoms with Crippen molar-refractivity contribution < 1.29 is 0 Å². The topological polar surface area (TPSA) is 23.8 Å². The number of hydrogen-bond acceptors (Lipinski definition) is 1. The lowest BCUT2D eigenvalue weighted by Crippen LogP contribution is -1.86. The molecule has 0 N–H and O–H groups in total. The van der Waals surface area contributed by atoms with Gasteiger partial charge >= 0.3 is 0 Å². The molecule has 0 fully saturated rings. The summed E-state index contributed by atoms with van der Waals surface area (Å²) >= 11 is 6.74. The normalized spacial score (nSPS) is 11.8. The van der Waals surface area contributed by atoms with Crippen molar-refractivity contribution in [2.45, 2.75) is 26.2 Å². The molecule has 0 heterocycles. The van der Waals surface area contributed by atoms with Crippen LogP contribution in [0.4, 0.5) is 0 Å². The van der Waals surface area contributed by atoms with Crippen LogP contribution in [0.2, 0.25) is 0 Å². The molecule has 0 rings (SSSR count). The molecule has 0 aromatic rings. The Labute approximate surface area is 96.8 Å². The van der Waals surface area contributed by atoms with Gasteiger partial charge in [-0.3, -0.25) is 0 Å². The zero-order valence-corrected chi connectivity index (χ0v) is 10.9. The highest BCUT2D eigenvalue weighted by Crippen LogP contribution is 2.24. The van der Waals surface area contributed by atoms with Crippen LogP contribution < -0.4 is 0 Å². The molecule has 1 nitrogen and oxygen atoms in total. The summed E-state index contributed by atoms with van der Waals surface area (Å²) in [6.45, 7) is 5.72. The first-order valence-corrected chi connectivity index (χ1v) is 6.05. The van der Waals surface area contributed by atoms with Crippen molar-refractivity contribution in [1.82, 2.24) is 0 Å². The molecule has 0 aromatic carbocycles. The minimum absolute atomic E-state index is 0.698. The quantitative estimate of drug-likeness (QED) is 0.321. The van der Waals surface area contributed by atoms with Crippen LogP contribution in [-0.4, -0.2) is 5.33 Å². The summed E-state index contributed by atoms with van der Waals surface area (Å²) in [5, 5.41) is 9.67. The lowest BCUT2D eigenvalue weighted by Gasteiger charge is -2.04. The number of alkyl halides is 1. The Bertz CT molecular complexity index is 248. The Morgan fingerprint density at radius 2 is 2.08 bits per heavy atom. The van der Waals surface area contributed by atoms with Gasteiger partial charge in [0.1, 0.15) is 0 Å². The summed E-state index contributed by atoms with van der Waals surface area (Å²) in [4.78, 5) is 0. The van der Waals surface area contributed by atoms with Gasteiger partial charge in [0.05, 0.1) is 6.07 Å². The Morgan fingerprint density at radius 3 is 2.54 bits per heavy atom. The lowest BCUT2D eigenvalue weighted by atomic mass is 10.1. The van der Waals surface area contributed by atoms with E-state index in [0.29, 0.717) is 5.57 Å². The molecule has 13 heavy (non-hydrogen) atoms. The predicted octanol–water partition coefficient (Wildman–Crippen LogP) is 4.30. The highest BCUT2D eigenvalue weighted by Gasteiger charge is 2.02. The van der Waals surface area contributed by atoms with Crippen molar-refractivity contribution >= 4 is 31.9 Å². The van der Waals surface area contributed by atoms with Crippen LogP contribution in [-0.2, 0) is 0 Å². The summed E-state index contributed by atoms with van der Waals surface area (Å²) in [6, 6.07) is 2.10. The lowest BCUT2D eigenvalue weighted by molar-refractivity contribution is 0.809. The third-order valence-electron chi connectivity index (χ3n) is 1.67. The second-order valence-corrected chi connectivity index (χ2v) is 4.39. The molecule has 0 aromatic heterocycles. The van der Waals surface area contributed by atoms with Crippen molar-refractivity contribution in [2.75, 3.05) is 5.33 Å². The number of nitrogens with zero attached hydrogens (tertiary/aromatic N) is 1. The second-order valence-electron chi connectivity index (χ2n) is 2.80. The van der Waals surface area contributed by atoms with E-state index in [4.69, 9.17) is 5.26 Å². The van der Waals surface area contributed by atoms with Crippen molar-refractivity contribution in [3.63, 3.8) is 0 Å². The molecule has 0 bridgehead atoms. The maximum Gasteiger partial charge on any atom is 0.0956 e. The van der Waals surface area contributed by atoms with Gasteiger partial charge < -0.3 is 0 Å². The van der Waals surface area contributed by atoms with Crippen molar-refractivity contribution in [3.05, 3.63) is 22.2 Å². The van der Waals surface area contributed by atoms with Crippen LogP contribution >= 0.6 is 31.9 Å². The zero-order chi connectivity index (χ0) is 10.3. The van der Waals surface area contributed by atoms with Crippen molar-refractivity contribution in [2.24, 2.45) is 0 Å². The maximum atomic E-state index is 8.64. The molecule has 0 aliphatic heterocycles. The largest absolute Gasteiger partial charge is 0.193 e. The Morgan fingerprint density at radius 1 is 1.46 bits per heavy atom. The molecule has 0 aliphatic carbocycles. The van der Waals surface area contributed by atoms with Crippen molar-refractivity contribution in [3.8, 4) is 6.07 Å². The monoisotopic (exact) mass is 305 g/mol. The van der Waals surface area contributed by atoms with E-state index in [2.05, 4.69) is 44.5 Å². The molecular weight excluding hydrogens is 294 g/mol. The van der Waals surface area contributed by atoms with E-state index < -0.39 is 0 Å². The highest BCUT2D eigenvalue weighted by molar-refractivity contribution is 9.12. The van der Waals surface area contributed by atoms with Crippen LogP contribution in [0.15, 0.2) is 22.2 Å². The third-order valence-corrected chi connectivity index (χ3v) is 3.39. The predicted molar refractivity (Wildman–Crippen MR) is 64.0 cm³/mol. The van der Waals surface area contributed by atoms with Gasteiger partial charge in [-0.05, 0) is 47.7 Å². The fourth-order valence-corrected chi connectivity index (χ4v) is 1.54. The zero-order valence-electron chi connectivity index (χ0n) is 7.74. The molecule has 0 aliphatic rings. The number of nitriles is 1. The Kier molecular flexibility index (Phi) is 7.31. The molecule has 3 heteroatoms. The molecule has 0 amide bonds. The van der Waals surface area contributed by atoms with Crippen LogP contribution in [0.5, 0.6) is 0 Å². The first-order chi connectivity index (χ1) is 6.13. The average Bonchev–Trinajstić information content (AvgIpc) is 2.15. The van der Waals surface area contributed by atoms with Gasteiger partial charge in [0.15, 0.2) is 0 Å². The molecule has 0 radical (unpaired) electrons. The van der Waals surface area contributed by atoms with Crippen LogP contribution in [0.25, 0.3) is 0 Å².